The lowest BCUT2D eigenvalue weighted by Gasteiger charge is -2.14. The van der Waals surface area contributed by atoms with Gasteiger partial charge in [0.1, 0.15) is 5.82 Å². The van der Waals surface area contributed by atoms with Gasteiger partial charge in [0, 0.05) is 6.04 Å². The van der Waals surface area contributed by atoms with E-state index in [0.29, 0.717) is 12.8 Å². The molecule has 3 nitrogen and oxygen atoms in total. The Hall–Kier alpha value is -0.940. The zero-order valence-electron chi connectivity index (χ0n) is 9.74. The fourth-order valence-electron chi connectivity index (χ4n) is 2.24. The van der Waals surface area contributed by atoms with Crippen LogP contribution in [0.3, 0.4) is 0 Å². The molecule has 0 spiro atoms. The number of nitrogens with one attached hydrogen (secondary N) is 1. The van der Waals surface area contributed by atoms with Crippen molar-refractivity contribution in [3.63, 3.8) is 0 Å². The third kappa shape index (κ3) is 2.84. The Morgan fingerprint density at radius 2 is 2.24 bits per heavy atom. The third-order valence-corrected chi connectivity index (χ3v) is 4.57. The van der Waals surface area contributed by atoms with Crippen molar-refractivity contribution in [1.82, 2.24) is 4.72 Å². The molecule has 0 saturated carbocycles. The molecule has 1 aromatic rings. The van der Waals surface area contributed by atoms with Crippen molar-refractivity contribution in [2.45, 2.75) is 32.2 Å². The number of halogens is 1. The molecule has 1 aliphatic carbocycles. The molecular weight excluding hydrogens is 241 g/mol. The highest BCUT2D eigenvalue weighted by molar-refractivity contribution is 7.89. The highest BCUT2D eigenvalue weighted by Gasteiger charge is 2.26. The van der Waals surface area contributed by atoms with E-state index in [1.807, 2.05) is 6.92 Å². The van der Waals surface area contributed by atoms with Crippen molar-refractivity contribution >= 4 is 10.0 Å². The molecule has 1 N–H and O–H groups in total. The lowest BCUT2D eigenvalue weighted by atomic mass is 10.1. The van der Waals surface area contributed by atoms with Gasteiger partial charge in [-0.05, 0) is 42.5 Å². The van der Waals surface area contributed by atoms with E-state index in [4.69, 9.17) is 0 Å². The fraction of sp³-hybridized carbons (Fsp3) is 0.500. The monoisotopic (exact) mass is 257 g/mol. The number of rotatable bonds is 4. The van der Waals surface area contributed by atoms with Crippen molar-refractivity contribution in [2.24, 2.45) is 0 Å². The minimum atomic E-state index is -3.24. The van der Waals surface area contributed by atoms with Crippen molar-refractivity contribution in [1.29, 1.82) is 0 Å². The second-order valence-electron chi connectivity index (χ2n) is 4.37. The van der Waals surface area contributed by atoms with Crippen molar-refractivity contribution < 1.29 is 12.8 Å². The van der Waals surface area contributed by atoms with Crippen LogP contribution in [0.2, 0.25) is 0 Å². The average molecular weight is 257 g/mol. The van der Waals surface area contributed by atoms with Crippen LogP contribution >= 0.6 is 0 Å². The van der Waals surface area contributed by atoms with Gasteiger partial charge >= 0.3 is 0 Å². The van der Waals surface area contributed by atoms with Crippen LogP contribution in [0.5, 0.6) is 0 Å². The van der Waals surface area contributed by atoms with E-state index in [1.54, 1.807) is 6.07 Å². The summed E-state index contributed by atoms with van der Waals surface area (Å²) in [5, 5.41) is 0. The molecule has 1 aromatic carbocycles. The number of fused-ring (bicyclic) bond motifs is 1. The molecule has 1 atom stereocenters. The molecule has 17 heavy (non-hydrogen) atoms. The van der Waals surface area contributed by atoms with E-state index in [9.17, 15) is 12.8 Å². The SMILES string of the molecule is CCCS(=O)(=O)N[C@H]1CCc2ccc(F)cc21. The Kier molecular flexibility index (Phi) is 3.49. The van der Waals surface area contributed by atoms with Gasteiger partial charge in [-0.25, -0.2) is 17.5 Å². The Morgan fingerprint density at radius 3 is 2.94 bits per heavy atom. The second kappa shape index (κ2) is 4.74. The number of hydrogen-bond acceptors (Lipinski definition) is 2. The predicted molar refractivity (Wildman–Crippen MR) is 64.7 cm³/mol. The number of hydrogen-bond donors (Lipinski definition) is 1. The van der Waals surface area contributed by atoms with Crippen LogP contribution in [0, 0.1) is 5.82 Å². The molecular formula is C12H16FNO2S. The molecule has 94 valence electrons. The number of benzene rings is 1. The molecule has 5 heteroatoms. The lowest BCUT2D eigenvalue weighted by molar-refractivity contribution is 0.551. The van der Waals surface area contributed by atoms with Crippen molar-refractivity contribution in [3.05, 3.63) is 35.1 Å². The number of aryl methyl sites for hydroxylation is 1. The molecule has 1 aliphatic rings. The summed E-state index contributed by atoms with van der Waals surface area (Å²) in [5.74, 6) is -0.195. The first-order valence-corrected chi connectivity index (χ1v) is 7.45. The zero-order valence-corrected chi connectivity index (χ0v) is 10.6. The Balaban J connectivity index is 2.20. The smallest absolute Gasteiger partial charge is 0.212 e. The first-order chi connectivity index (χ1) is 8.02. The summed E-state index contributed by atoms with van der Waals surface area (Å²) in [6, 6.07) is 4.32. The Morgan fingerprint density at radius 1 is 1.47 bits per heavy atom. The maximum absolute atomic E-state index is 13.1. The van der Waals surface area contributed by atoms with Gasteiger partial charge in [-0.2, -0.15) is 0 Å². The molecule has 0 heterocycles. The van der Waals surface area contributed by atoms with Crippen molar-refractivity contribution in [2.75, 3.05) is 5.75 Å². The zero-order chi connectivity index (χ0) is 12.5. The van der Waals surface area contributed by atoms with Gasteiger partial charge in [0.25, 0.3) is 0 Å². The summed E-state index contributed by atoms with van der Waals surface area (Å²) >= 11 is 0. The van der Waals surface area contributed by atoms with E-state index < -0.39 is 10.0 Å². The van der Waals surface area contributed by atoms with Crippen molar-refractivity contribution in [3.8, 4) is 0 Å². The van der Waals surface area contributed by atoms with Gasteiger partial charge in [0.15, 0.2) is 0 Å². The van der Waals surface area contributed by atoms with Crippen LogP contribution in [0.1, 0.15) is 36.9 Å². The van der Waals surface area contributed by atoms with E-state index in [2.05, 4.69) is 4.72 Å². The molecule has 0 unspecified atom stereocenters. The van der Waals surface area contributed by atoms with E-state index >= 15 is 0 Å². The topological polar surface area (TPSA) is 46.2 Å². The normalized spacial score (nSPS) is 19.3. The lowest BCUT2D eigenvalue weighted by Crippen LogP contribution is -2.29. The largest absolute Gasteiger partial charge is 0.212 e. The predicted octanol–water partition coefficient (Wildman–Crippen LogP) is 2.14. The standard InChI is InChI=1S/C12H16FNO2S/c1-2-7-17(15,16)14-12-6-4-9-3-5-10(13)8-11(9)12/h3,5,8,12,14H,2,4,6-7H2,1H3/t12-/m0/s1. The van der Waals surface area contributed by atoms with E-state index in [1.165, 1.54) is 12.1 Å². The summed E-state index contributed by atoms with van der Waals surface area (Å²) in [4.78, 5) is 0. The van der Waals surface area contributed by atoms with E-state index in [-0.39, 0.29) is 17.6 Å². The molecule has 0 radical (unpaired) electrons. The summed E-state index contributed by atoms with van der Waals surface area (Å²) in [6.07, 6.45) is 2.09. The van der Waals surface area contributed by atoms with Gasteiger partial charge in [0.2, 0.25) is 10.0 Å². The Bertz CT molecular complexity index is 513. The van der Waals surface area contributed by atoms with Crippen LogP contribution in [0.15, 0.2) is 18.2 Å². The summed E-state index contributed by atoms with van der Waals surface area (Å²) in [5.41, 5.74) is 1.82. The van der Waals surface area contributed by atoms with Gasteiger partial charge in [-0.15, -0.1) is 0 Å². The van der Waals surface area contributed by atoms with Crippen LogP contribution in [-0.2, 0) is 16.4 Å². The minimum Gasteiger partial charge on any atom is -0.212 e. The summed E-state index contributed by atoms with van der Waals surface area (Å²) < 4.78 is 39.1. The quantitative estimate of drug-likeness (QED) is 0.898. The minimum absolute atomic E-state index is 0.119. The average Bonchev–Trinajstić information content (AvgIpc) is 2.60. The first-order valence-electron chi connectivity index (χ1n) is 5.80. The van der Waals surface area contributed by atoms with Gasteiger partial charge in [-0.1, -0.05) is 13.0 Å². The maximum Gasteiger partial charge on any atom is 0.212 e. The summed E-state index contributed by atoms with van der Waals surface area (Å²) in [7, 11) is -3.24. The molecule has 0 saturated heterocycles. The second-order valence-corrected chi connectivity index (χ2v) is 6.24. The molecule has 2 rings (SSSR count). The molecule has 0 fully saturated rings. The van der Waals surface area contributed by atoms with E-state index in [0.717, 1.165) is 17.5 Å². The Labute approximate surface area is 101 Å². The highest BCUT2D eigenvalue weighted by Crippen LogP contribution is 2.32. The van der Waals surface area contributed by atoms with Crippen LogP contribution in [0.25, 0.3) is 0 Å². The molecule has 0 aliphatic heterocycles. The fourth-order valence-corrected chi connectivity index (χ4v) is 3.57. The highest BCUT2D eigenvalue weighted by atomic mass is 32.2. The van der Waals surface area contributed by atoms with Crippen LogP contribution in [0.4, 0.5) is 4.39 Å². The third-order valence-electron chi connectivity index (χ3n) is 2.98. The van der Waals surface area contributed by atoms with Crippen LogP contribution in [-0.4, -0.2) is 14.2 Å². The van der Waals surface area contributed by atoms with Gasteiger partial charge in [-0.3, -0.25) is 0 Å². The first kappa shape index (κ1) is 12.5. The maximum atomic E-state index is 13.1. The molecule has 0 amide bonds. The molecule has 0 aromatic heterocycles. The summed E-state index contributed by atoms with van der Waals surface area (Å²) in [6.45, 7) is 1.82. The number of sulfonamides is 1. The van der Waals surface area contributed by atoms with Gasteiger partial charge < -0.3 is 0 Å². The van der Waals surface area contributed by atoms with Crippen LogP contribution < -0.4 is 4.72 Å². The molecule has 0 bridgehead atoms. The van der Waals surface area contributed by atoms with Gasteiger partial charge in [0.05, 0.1) is 5.75 Å².